The van der Waals surface area contributed by atoms with Gasteiger partial charge in [-0.3, -0.25) is 9.59 Å². The number of ether oxygens (including phenoxy) is 1. The lowest BCUT2D eigenvalue weighted by atomic mass is 10.1. The van der Waals surface area contributed by atoms with Crippen LogP contribution in [0.25, 0.3) is 0 Å². The first-order chi connectivity index (χ1) is 12.5. The highest BCUT2D eigenvalue weighted by atomic mass is 35.5. The molecule has 2 aromatic rings. The van der Waals surface area contributed by atoms with Gasteiger partial charge in [0.1, 0.15) is 5.75 Å². The minimum Gasteiger partial charge on any atom is -0.497 e. The van der Waals surface area contributed by atoms with E-state index in [9.17, 15) is 9.59 Å². The highest BCUT2D eigenvalue weighted by Crippen LogP contribution is 2.20. The molecule has 0 aromatic heterocycles. The molecule has 0 aliphatic rings. The van der Waals surface area contributed by atoms with Crippen LogP contribution in [-0.2, 0) is 16.0 Å². The van der Waals surface area contributed by atoms with Crippen molar-refractivity contribution in [2.45, 2.75) is 19.8 Å². The van der Waals surface area contributed by atoms with E-state index in [4.69, 9.17) is 16.3 Å². The van der Waals surface area contributed by atoms with Crippen LogP contribution in [0, 0.1) is 0 Å². The third kappa shape index (κ3) is 6.08. The molecule has 138 valence electrons. The Morgan fingerprint density at radius 2 is 1.88 bits per heavy atom. The topological polar surface area (TPSA) is 58.6 Å². The fraction of sp³-hybridized carbons (Fsp3) is 0.300. The van der Waals surface area contributed by atoms with Crippen molar-refractivity contribution in [3.63, 3.8) is 0 Å². The van der Waals surface area contributed by atoms with E-state index in [0.717, 1.165) is 17.7 Å². The first-order valence-electron chi connectivity index (χ1n) is 8.43. The molecule has 2 aromatic carbocycles. The molecule has 0 heterocycles. The maximum Gasteiger partial charge on any atom is 0.223 e. The molecule has 2 amide bonds. The standard InChI is InChI=1S/C20H23ClN2O3/c1-15(24)23(18-5-3-4-17(21)14-18)13-11-20(25)22-12-10-16-6-8-19(26-2)9-7-16/h3-9,14H,10-13H2,1-2H3,(H,22,25). The Morgan fingerprint density at radius 1 is 1.15 bits per heavy atom. The van der Waals surface area contributed by atoms with E-state index in [0.29, 0.717) is 23.8 Å². The van der Waals surface area contributed by atoms with E-state index in [1.165, 1.54) is 6.92 Å². The van der Waals surface area contributed by atoms with Gasteiger partial charge in [0.05, 0.1) is 7.11 Å². The van der Waals surface area contributed by atoms with E-state index in [1.54, 1.807) is 36.3 Å². The number of carbonyl (C=O) groups is 2. The molecule has 0 aliphatic heterocycles. The second-order valence-corrected chi connectivity index (χ2v) is 6.28. The normalized spacial score (nSPS) is 10.3. The number of hydrogen-bond acceptors (Lipinski definition) is 3. The van der Waals surface area contributed by atoms with Crippen LogP contribution in [0.15, 0.2) is 48.5 Å². The zero-order valence-electron chi connectivity index (χ0n) is 15.0. The Hall–Kier alpha value is -2.53. The summed E-state index contributed by atoms with van der Waals surface area (Å²) in [7, 11) is 1.63. The molecule has 2 rings (SSSR count). The number of amides is 2. The van der Waals surface area contributed by atoms with Gasteiger partial charge in [0.2, 0.25) is 11.8 Å². The second kappa shape index (κ2) is 9.82. The van der Waals surface area contributed by atoms with Crippen LogP contribution in [0.5, 0.6) is 5.75 Å². The molecule has 0 bridgehead atoms. The summed E-state index contributed by atoms with van der Waals surface area (Å²) in [6.07, 6.45) is 0.967. The number of hydrogen-bond donors (Lipinski definition) is 1. The summed E-state index contributed by atoms with van der Waals surface area (Å²) in [5.41, 5.74) is 1.81. The maximum atomic E-state index is 12.1. The van der Waals surface area contributed by atoms with Crippen LogP contribution in [0.2, 0.25) is 5.02 Å². The Morgan fingerprint density at radius 3 is 2.50 bits per heavy atom. The third-order valence-corrected chi connectivity index (χ3v) is 4.19. The number of rotatable bonds is 8. The second-order valence-electron chi connectivity index (χ2n) is 5.85. The SMILES string of the molecule is COc1ccc(CCNC(=O)CCN(C(C)=O)c2cccc(Cl)c2)cc1. The highest BCUT2D eigenvalue weighted by Gasteiger charge is 2.13. The van der Waals surface area contributed by atoms with Crippen molar-refractivity contribution in [2.75, 3.05) is 25.1 Å². The van der Waals surface area contributed by atoms with Crippen LogP contribution < -0.4 is 15.0 Å². The van der Waals surface area contributed by atoms with E-state index >= 15 is 0 Å². The molecule has 1 N–H and O–H groups in total. The predicted molar refractivity (Wildman–Crippen MR) is 104 cm³/mol. The number of nitrogens with one attached hydrogen (secondary N) is 1. The molecule has 0 atom stereocenters. The van der Waals surface area contributed by atoms with Gasteiger partial charge in [0.15, 0.2) is 0 Å². The van der Waals surface area contributed by atoms with Crippen LogP contribution >= 0.6 is 11.6 Å². The first-order valence-corrected chi connectivity index (χ1v) is 8.80. The van der Waals surface area contributed by atoms with Crippen molar-refractivity contribution in [1.82, 2.24) is 5.32 Å². The van der Waals surface area contributed by atoms with Crippen molar-refractivity contribution in [3.8, 4) is 5.75 Å². The summed E-state index contributed by atoms with van der Waals surface area (Å²) in [5.74, 6) is 0.591. The average molecular weight is 375 g/mol. The summed E-state index contributed by atoms with van der Waals surface area (Å²) in [5, 5.41) is 3.44. The van der Waals surface area contributed by atoms with Gasteiger partial charge in [0.25, 0.3) is 0 Å². The first kappa shape index (κ1) is 19.8. The number of halogens is 1. The Bertz CT molecular complexity index is 747. The summed E-state index contributed by atoms with van der Waals surface area (Å²) in [6, 6.07) is 14.8. The smallest absolute Gasteiger partial charge is 0.223 e. The van der Waals surface area contributed by atoms with E-state index < -0.39 is 0 Å². The van der Waals surface area contributed by atoms with Gasteiger partial charge >= 0.3 is 0 Å². The van der Waals surface area contributed by atoms with E-state index in [-0.39, 0.29) is 18.2 Å². The summed E-state index contributed by atoms with van der Waals surface area (Å²) in [6.45, 7) is 2.33. The molecular formula is C20H23ClN2O3. The van der Waals surface area contributed by atoms with E-state index in [1.807, 2.05) is 24.3 Å². The predicted octanol–water partition coefficient (Wildman–Crippen LogP) is 3.45. The lowest BCUT2D eigenvalue weighted by Crippen LogP contribution is -2.34. The highest BCUT2D eigenvalue weighted by molar-refractivity contribution is 6.30. The number of carbonyl (C=O) groups excluding carboxylic acids is 2. The van der Waals surface area contributed by atoms with Crippen molar-refractivity contribution in [1.29, 1.82) is 0 Å². The Kier molecular flexibility index (Phi) is 7.48. The fourth-order valence-electron chi connectivity index (χ4n) is 2.55. The van der Waals surface area contributed by atoms with E-state index in [2.05, 4.69) is 5.32 Å². The summed E-state index contributed by atoms with van der Waals surface area (Å²) < 4.78 is 5.12. The van der Waals surface area contributed by atoms with Crippen LogP contribution in [0.1, 0.15) is 18.9 Å². The summed E-state index contributed by atoms with van der Waals surface area (Å²) >= 11 is 5.98. The molecule has 0 fully saturated rings. The van der Waals surface area contributed by atoms with Gasteiger partial charge in [-0.25, -0.2) is 0 Å². The zero-order valence-corrected chi connectivity index (χ0v) is 15.8. The van der Waals surface area contributed by atoms with Crippen LogP contribution in [-0.4, -0.2) is 32.0 Å². The zero-order chi connectivity index (χ0) is 18.9. The minimum atomic E-state index is -0.127. The largest absolute Gasteiger partial charge is 0.497 e. The molecule has 0 saturated carbocycles. The van der Waals surface area contributed by atoms with Crippen molar-refractivity contribution < 1.29 is 14.3 Å². The van der Waals surface area contributed by atoms with Gasteiger partial charge in [-0.15, -0.1) is 0 Å². The monoisotopic (exact) mass is 374 g/mol. The molecule has 0 spiro atoms. The Labute approximate surface area is 158 Å². The quantitative estimate of drug-likeness (QED) is 0.769. The number of nitrogens with zero attached hydrogens (tertiary/aromatic N) is 1. The van der Waals surface area contributed by atoms with Gasteiger partial charge in [-0.2, -0.15) is 0 Å². The molecule has 0 aliphatic carbocycles. The van der Waals surface area contributed by atoms with Crippen molar-refractivity contribution in [2.24, 2.45) is 0 Å². The molecule has 6 heteroatoms. The fourth-order valence-corrected chi connectivity index (χ4v) is 2.74. The lowest BCUT2D eigenvalue weighted by Gasteiger charge is -2.21. The maximum absolute atomic E-state index is 12.1. The van der Waals surface area contributed by atoms with Gasteiger partial charge in [-0.1, -0.05) is 29.8 Å². The minimum absolute atomic E-state index is 0.0909. The number of anilines is 1. The molecular weight excluding hydrogens is 352 g/mol. The number of benzene rings is 2. The molecule has 0 saturated heterocycles. The van der Waals surface area contributed by atoms with Gasteiger partial charge in [0, 0.05) is 37.1 Å². The van der Waals surface area contributed by atoms with Crippen molar-refractivity contribution in [3.05, 3.63) is 59.1 Å². The third-order valence-electron chi connectivity index (χ3n) is 3.96. The molecule has 26 heavy (non-hydrogen) atoms. The average Bonchev–Trinajstić information content (AvgIpc) is 2.62. The lowest BCUT2D eigenvalue weighted by molar-refractivity contribution is -0.121. The van der Waals surface area contributed by atoms with Gasteiger partial charge in [-0.05, 0) is 42.3 Å². The van der Waals surface area contributed by atoms with Crippen LogP contribution in [0.4, 0.5) is 5.69 Å². The van der Waals surface area contributed by atoms with Gasteiger partial charge < -0.3 is 15.0 Å². The molecule has 0 radical (unpaired) electrons. The molecule has 0 unspecified atom stereocenters. The summed E-state index contributed by atoms with van der Waals surface area (Å²) in [4.78, 5) is 25.5. The van der Waals surface area contributed by atoms with Crippen LogP contribution in [0.3, 0.4) is 0 Å². The van der Waals surface area contributed by atoms with Crippen molar-refractivity contribution >= 4 is 29.1 Å². The Balaban J connectivity index is 1.79. The number of methoxy groups -OCH3 is 1. The molecule has 5 nitrogen and oxygen atoms in total.